The first-order valence-corrected chi connectivity index (χ1v) is 6.49. The SMILES string of the molecule is Cn1cc(C(C)(O)CNC(=O)Nc2ccc(F)c(F)c2)cn1. The summed E-state index contributed by atoms with van der Waals surface area (Å²) >= 11 is 0. The molecule has 1 aromatic carbocycles. The van der Waals surface area contributed by atoms with Gasteiger partial charge < -0.3 is 15.7 Å². The summed E-state index contributed by atoms with van der Waals surface area (Å²) in [7, 11) is 1.71. The number of carbonyl (C=O) groups excluding carboxylic acids is 1. The molecule has 2 rings (SSSR count). The van der Waals surface area contributed by atoms with Crippen LogP contribution in [0.5, 0.6) is 0 Å². The number of benzene rings is 1. The van der Waals surface area contributed by atoms with Gasteiger partial charge in [0.15, 0.2) is 11.6 Å². The highest BCUT2D eigenvalue weighted by Crippen LogP contribution is 2.18. The predicted octanol–water partition coefficient (Wildman–Crippen LogP) is 1.73. The van der Waals surface area contributed by atoms with E-state index in [0.717, 1.165) is 12.1 Å². The Balaban J connectivity index is 1.93. The maximum absolute atomic E-state index is 13.0. The quantitative estimate of drug-likeness (QED) is 0.804. The summed E-state index contributed by atoms with van der Waals surface area (Å²) in [5.41, 5.74) is -0.653. The number of nitrogens with zero attached hydrogens (tertiary/aromatic N) is 2. The molecule has 0 fully saturated rings. The van der Waals surface area contributed by atoms with E-state index >= 15 is 0 Å². The fraction of sp³-hybridized carbons (Fsp3) is 0.286. The lowest BCUT2D eigenvalue weighted by atomic mass is 10.00. The topological polar surface area (TPSA) is 79.2 Å². The molecule has 0 bridgehead atoms. The number of urea groups is 1. The summed E-state index contributed by atoms with van der Waals surface area (Å²) in [4.78, 5) is 11.7. The number of aryl methyl sites for hydroxylation is 1. The first-order valence-electron chi connectivity index (χ1n) is 6.49. The molecular weight excluding hydrogens is 294 g/mol. The van der Waals surface area contributed by atoms with E-state index in [2.05, 4.69) is 15.7 Å². The van der Waals surface area contributed by atoms with Crippen LogP contribution in [0.2, 0.25) is 0 Å². The Labute approximate surface area is 125 Å². The van der Waals surface area contributed by atoms with Gasteiger partial charge in [-0.15, -0.1) is 0 Å². The lowest BCUT2D eigenvalue weighted by Gasteiger charge is -2.22. The average molecular weight is 310 g/mol. The minimum atomic E-state index is -1.31. The fourth-order valence-corrected chi connectivity index (χ4v) is 1.80. The van der Waals surface area contributed by atoms with Crippen LogP contribution in [-0.4, -0.2) is 27.5 Å². The monoisotopic (exact) mass is 310 g/mol. The lowest BCUT2D eigenvalue weighted by molar-refractivity contribution is 0.0599. The molecule has 118 valence electrons. The molecule has 0 radical (unpaired) electrons. The van der Waals surface area contributed by atoms with Crippen molar-refractivity contribution < 1.29 is 18.7 Å². The highest BCUT2D eigenvalue weighted by molar-refractivity contribution is 5.89. The van der Waals surface area contributed by atoms with E-state index in [9.17, 15) is 18.7 Å². The molecule has 3 N–H and O–H groups in total. The second-order valence-electron chi connectivity index (χ2n) is 5.11. The van der Waals surface area contributed by atoms with Crippen LogP contribution in [0.15, 0.2) is 30.6 Å². The number of anilines is 1. The van der Waals surface area contributed by atoms with Gasteiger partial charge in [-0.1, -0.05) is 0 Å². The van der Waals surface area contributed by atoms with Crippen LogP contribution < -0.4 is 10.6 Å². The van der Waals surface area contributed by atoms with Crippen LogP contribution in [0, 0.1) is 11.6 Å². The van der Waals surface area contributed by atoms with Crippen molar-refractivity contribution in [1.82, 2.24) is 15.1 Å². The third-order valence-electron chi connectivity index (χ3n) is 3.10. The number of hydrogen-bond acceptors (Lipinski definition) is 3. The molecule has 0 saturated heterocycles. The minimum absolute atomic E-state index is 0.0752. The van der Waals surface area contributed by atoms with E-state index in [1.165, 1.54) is 23.9 Å². The van der Waals surface area contributed by atoms with E-state index in [1.54, 1.807) is 13.2 Å². The molecule has 2 aromatic rings. The molecule has 1 aromatic heterocycles. The lowest BCUT2D eigenvalue weighted by Crippen LogP contribution is -2.40. The van der Waals surface area contributed by atoms with Crippen LogP contribution in [0.3, 0.4) is 0 Å². The van der Waals surface area contributed by atoms with E-state index < -0.39 is 23.3 Å². The summed E-state index contributed by atoms with van der Waals surface area (Å²) in [6.45, 7) is 1.45. The van der Waals surface area contributed by atoms with Crippen LogP contribution in [0.25, 0.3) is 0 Å². The molecule has 1 heterocycles. The molecule has 0 aliphatic rings. The van der Waals surface area contributed by atoms with Crippen molar-refractivity contribution in [3.63, 3.8) is 0 Å². The van der Waals surface area contributed by atoms with Gasteiger partial charge in [-0.05, 0) is 19.1 Å². The third kappa shape index (κ3) is 3.79. The molecule has 8 heteroatoms. The van der Waals surface area contributed by atoms with Crippen molar-refractivity contribution in [2.24, 2.45) is 7.05 Å². The highest BCUT2D eigenvalue weighted by atomic mass is 19.2. The first-order chi connectivity index (χ1) is 10.3. The van der Waals surface area contributed by atoms with E-state index in [-0.39, 0.29) is 12.2 Å². The molecule has 0 spiro atoms. The summed E-state index contributed by atoms with van der Waals surface area (Å²) in [5.74, 6) is -2.05. The second kappa shape index (κ2) is 6.10. The van der Waals surface area contributed by atoms with Gasteiger partial charge in [-0.2, -0.15) is 5.10 Å². The largest absolute Gasteiger partial charge is 0.383 e. The van der Waals surface area contributed by atoms with Crippen molar-refractivity contribution in [1.29, 1.82) is 0 Å². The molecule has 0 saturated carbocycles. The smallest absolute Gasteiger partial charge is 0.319 e. The zero-order valence-electron chi connectivity index (χ0n) is 12.1. The van der Waals surface area contributed by atoms with Gasteiger partial charge in [0.1, 0.15) is 5.60 Å². The Hall–Kier alpha value is -2.48. The minimum Gasteiger partial charge on any atom is -0.383 e. The van der Waals surface area contributed by atoms with Crippen LogP contribution in [0.4, 0.5) is 19.3 Å². The zero-order valence-corrected chi connectivity index (χ0v) is 12.1. The first kappa shape index (κ1) is 15.9. The number of aliphatic hydroxyl groups is 1. The summed E-state index contributed by atoms with van der Waals surface area (Å²) in [6, 6.07) is 2.37. The summed E-state index contributed by atoms with van der Waals surface area (Å²) < 4.78 is 27.4. The van der Waals surface area contributed by atoms with Crippen molar-refractivity contribution in [2.75, 3.05) is 11.9 Å². The highest BCUT2D eigenvalue weighted by Gasteiger charge is 2.25. The zero-order chi connectivity index (χ0) is 16.3. The third-order valence-corrected chi connectivity index (χ3v) is 3.10. The second-order valence-corrected chi connectivity index (χ2v) is 5.11. The van der Waals surface area contributed by atoms with Crippen molar-refractivity contribution in [3.8, 4) is 0 Å². The Morgan fingerprint density at radius 3 is 2.73 bits per heavy atom. The maximum Gasteiger partial charge on any atom is 0.319 e. The Bertz CT molecular complexity index is 685. The Morgan fingerprint density at radius 1 is 1.41 bits per heavy atom. The molecule has 1 unspecified atom stereocenters. The van der Waals surface area contributed by atoms with Crippen molar-refractivity contribution >= 4 is 11.7 Å². The molecular formula is C14H16F2N4O2. The van der Waals surface area contributed by atoms with Crippen LogP contribution >= 0.6 is 0 Å². The number of nitrogens with one attached hydrogen (secondary N) is 2. The standard InChI is InChI=1S/C14H16F2N4O2/c1-14(22,9-6-18-20(2)7-9)8-17-13(21)19-10-3-4-11(15)12(16)5-10/h3-7,22H,8H2,1-2H3,(H2,17,19,21). The fourth-order valence-electron chi connectivity index (χ4n) is 1.80. The summed E-state index contributed by atoms with van der Waals surface area (Å²) in [6.07, 6.45) is 3.13. The molecule has 0 aliphatic carbocycles. The Kier molecular flexibility index (Phi) is 4.41. The molecule has 2 amide bonds. The number of halogens is 2. The van der Waals surface area contributed by atoms with Crippen molar-refractivity contribution in [2.45, 2.75) is 12.5 Å². The van der Waals surface area contributed by atoms with Crippen LogP contribution in [0.1, 0.15) is 12.5 Å². The predicted molar refractivity (Wildman–Crippen MR) is 76.2 cm³/mol. The maximum atomic E-state index is 13.0. The summed E-state index contributed by atoms with van der Waals surface area (Å²) in [5, 5.41) is 19.0. The number of hydrogen-bond donors (Lipinski definition) is 3. The van der Waals surface area contributed by atoms with E-state index in [0.29, 0.717) is 5.56 Å². The number of aromatic nitrogens is 2. The van der Waals surface area contributed by atoms with E-state index in [4.69, 9.17) is 0 Å². The van der Waals surface area contributed by atoms with Crippen molar-refractivity contribution in [3.05, 3.63) is 47.8 Å². The van der Waals surface area contributed by atoms with Gasteiger partial charge in [0.25, 0.3) is 0 Å². The molecule has 22 heavy (non-hydrogen) atoms. The molecule has 1 atom stereocenters. The van der Waals surface area contributed by atoms with Gasteiger partial charge >= 0.3 is 6.03 Å². The normalized spacial score (nSPS) is 13.5. The molecule has 0 aliphatic heterocycles. The van der Waals surface area contributed by atoms with Gasteiger partial charge in [0, 0.05) is 30.6 Å². The van der Waals surface area contributed by atoms with Crippen LogP contribution in [-0.2, 0) is 12.6 Å². The Morgan fingerprint density at radius 2 is 2.14 bits per heavy atom. The number of carbonyl (C=O) groups is 1. The van der Waals surface area contributed by atoms with E-state index in [1.807, 2.05) is 0 Å². The molecule has 6 nitrogen and oxygen atoms in total. The number of rotatable bonds is 4. The van der Waals surface area contributed by atoms with Gasteiger partial charge in [-0.25, -0.2) is 13.6 Å². The van der Waals surface area contributed by atoms with Gasteiger partial charge in [0.2, 0.25) is 0 Å². The number of amides is 2. The van der Waals surface area contributed by atoms with Gasteiger partial charge in [-0.3, -0.25) is 4.68 Å². The van der Waals surface area contributed by atoms with Gasteiger partial charge in [0.05, 0.1) is 12.7 Å². The average Bonchev–Trinajstić information content (AvgIpc) is 2.88.